The molecule has 2 atom stereocenters. The van der Waals surface area contributed by atoms with Gasteiger partial charge in [0.1, 0.15) is 0 Å². The molecule has 1 fully saturated rings. The van der Waals surface area contributed by atoms with E-state index in [9.17, 15) is 13.2 Å². The SMILES string of the molecule is Cc1ccc(S(C)(=O)=O)cc1NCC(=O)N[C@H]1CCCC[C@H]1C. The average Bonchev–Trinajstić information content (AvgIpc) is 2.47. The molecule has 1 aromatic rings. The highest BCUT2D eigenvalue weighted by Crippen LogP contribution is 2.24. The van der Waals surface area contributed by atoms with Gasteiger partial charge in [0.2, 0.25) is 5.91 Å². The fourth-order valence-electron chi connectivity index (χ4n) is 2.99. The maximum Gasteiger partial charge on any atom is 0.239 e. The predicted molar refractivity (Wildman–Crippen MR) is 92.3 cm³/mol. The van der Waals surface area contributed by atoms with Crippen molar-refractivity contribution in [3.8, 4) is 0 Å². The Morgan fingerprint density at radius 3 is 2.61 bits per heavy atom. The molecule has 0 bridgehead atoms. The maximum atomic E-state index is 12.1. The van der Waals surface area contributed by atoms with Gasteiger partial charge in [0.25, 0.3) is 0 Å². The Labute approximate surface area is 138 Å². The molecule has 1 aliphatic carbocycles. The van der Waals surface area contributed by atoms with Crippen LogP contribution in [0.4, 0.5) is 5.69 Å². The van der Waals surface area contributed by atoms with Crippen LogP contribution in [0.15, 0.2) is 23.1 Å². The van der Waals surface area contributed by atoms with Crippen LogP contribution in [0, 0.1) is 12.8 Å². The van der Waals surface area contributed by atoms with E-state index >= 15 is 0 Å². The molecule has 2 N–H and O–H groups in total. The number of anilines is 1. The topological polar surface area (TPSA) is 75.3 Å². The highest BCUT2D eigenvalue weighted by molar-refractivity contribution is 7.90. The van der Waals surface area contributed by atoms with Crippen LogP contribution in [0.25, 0.3) is 0 Å². The van der Waals surface area contributed by atoms with E-state index in [1.54, 1.807) is 18.2 Å². The van der Waals surface area contributed by atoms with Crippen molar-refractivity contribution in [3.63, 3.8) is 0 Å². The van der Waals surface area contributed by atoms with Gasteiger partial charge in [0, 0.05) is 18.0 Å². The van der Waals surface area contributed by atoms with Crippen molar-refractivity contribution >= 4 is 21.4 Å². The minimum absolute atomic E-state index is 0.0482. The van der Waals surface area contributed by atoms with Gasteiger partial charge < -0.3 is 10.6 Å². The lowest BCUT2D eigenvalue weighted by atomic mass is 9.86. The molecule has 0 aliphatic heterocycles. The van der Waals surface area contributed by atoms with Crippen LogP contribution in [0.5, 0.6) is 0 Å². The van der Waals surface area contributed by atoms with Gasteiger partial charge in [-0.1, -0.05) is 25.8 Å². The van der Waals surface area contributed by atoms with Crippen LogP contribution in [0.1, 0.15) is 38.2 Å². The van der Waals surface area contributed by atoms with E-state index in [0.29, 0.717) is 11.6 Å². The Kier molecular flexibility index (Phi) is 5.68. The van der Waals surface area contributed by atoms with E-state index < -0.39 is 9.84 Å². The number of aryl methyl sites for hydroxylation is 1. The summed E-state index contributed by atoms with van der Waals surface area (Å²) in [6, 6.07) is 5.17. The molecular formula is C17H26N2O3S. The molecule has 1 aromatic carbocycles. The number of carbonyl (C=O) groups is 1. The van der Waals surface area contributed by atoms with E-state index in [4.69, 9.17) is 0 Å². The normalized spacial score (nSPS) is 21.7. The van der Waals surface area contributed by atoms with Crippen molar-refractivity contribution in [3.05, 3.63) is 23.8 Å². The highest BCUT2D eigenvalue weighted by Gasteiger charge is 2.22. The highest BCUT2D eigenvalue weighted by atomic mass is 32.2. The molecular weight excluding hydrogens is 312 g/mol. The van der Waals surface area contributed by atoms with Gasteiger partial charge in [-0.05, 0) is 43.4 Å². The Morgan fingerprint density at radius 1 is 1.26 bits per heavy atom. The van der Waals surface area contributed by atoms with Gasteiger partial charge in [0.15, 0.2) is 9.84 Å². The molecule has 0 heterocycles. The molecule has 0 saturated heterocycles. The average molecular weight is 338 g/mol. The quantitative estimate of drug-likeness (QED) is 0.865. The Balaban J connectivity index is 1.96. The number of hydrogen-bond acceptors (Lipinski definition) is 4. The molecule has 1 saturated carbocycles. The molecule has 1 aliphatic rings. The van der Waals surface area contributed by atoms with Crippen molar-refractivity contribution in [2.24, 2.45) is 5.92 Å². The van der Waals surface area contributed by atoms with E-state index in [-0.39, 0.29) is 23.4 Å². The fraction of sp³-hybridized carbons (Fsp3) is 0.588. The number of rotatable bonds is 5. The molecule has 1 amide bonds. The lowest BCUT2D eigenvalue weighted by Gasteiger charge is -2.29. The van der Waals surface area contributed by atoms with Gasteiger partial charge in [0.05, 0.1) is 11.4 Å². The third kappa shape index (κ3) is 4.96. The fourth-order valence-corrected chi connectivity index (χ4v) is 3.63. The van der Waals surface area contributed by atoms with Crippen LogP contribution in [0.2, 0.25) is 0 Å². The zero-order valence-corrected chi connectivity index (χ0v) is 14.9. The van der Waals surface area contributed by atoms with Gasteiger partial charge in [-0.3, -0.25) is 4.79 Å². The first-order valence-corrected chi connectivity index (χ1v) is 10.0. The monoisotopic (exact) mass is 338 g/mol. The number of sulfone groups is 1. The molecule has 0 unspecified atom stereocenters. The zero-order valence-electron chi connectivity index (χ0n) is 14.1. The second-order valence-electron chi connectivity index (χ2n) is 6.54. The lowest BCUT2D eigenvalue weighted by Crippen LogP contribution is -2.43. The zero-order chi connectivity index (χ0) is 17.0. The molecule has 23 heavy (non-hydrogen) atoms. The van der Waals surface area contributed by atoms with E-state index in [2.05, 4.69) is 17.6 Å². The molecule has 2 rings (SSSR count). The second kappa shape index (κ2) is 7.34. The molecule has 0 aromatic heterocycles. The lowest BCUT2D eigenvalue weighted by molar-refractivity contribution is -0.120. The minimum Gasteiger partial charge on any atom is -0.376 e. The predicted octanol–water partition coefficient (Wildman–Crippen LogP) is 2.51. The summed E-state index contributed by atoms with van der Waals surface area (Å²) < 4.78 is 23.3. The van der Waals surface area contributed by atoms with Crippen LogP contribution in [-0.2, 0) is 14.6 Å². The summed E-state index contributed by atoms with van der Waals surface area (Å²) >= 11 is 0. The van der Waals surface area contributed by atoms with E-state index in [0.717, 1.165) is 24.8 Å². The first-order valence-electron chi connectivity index (χ1n) is 8.11. The smallest absolute Gasteiger partial charge is 0.239 e. The first kappa shape index (κ1) is 17.8. The van der Waals surface area contributed by atoms with Gasteiger partial charge in [-0.2, -0.15) is 0 Å². The van der Waals surface area contributed by atoms with Crippen molar-refractivity contribution in [2.75, 3.05) is 18.1 Å². The number of hydrogen-bond donors (Lipinski definition) is 2. The van der Waals surface area contributed by atoms with Gasteiger partial charge in [-0.15, -0.1) is 0 Å². The van der Waals surface area contributed by atoms with Crippen molar-refractivity contribution in [2.45, 2.75) is 50.5 Å². The third-order valence-corrected chi connectivity index (χ3v) is 5.64. The van der Waals surface area contributed by atoms with Crippen molar-refractivity contribution < 1.29 is 13.2 Å². The summed E-state index contributed by atoms with van der Waals surface area (Å²) in [5.41, 5.74) is 1.59. The maximum absolute atomic E-state index is 12.1. The van der Waals surface area contributed by atoms with Crippen LogP contribution in [-0.4, -0.2) is 33.2 Å². The summed E-state index contributed by atoms with van der Waals surface area (Å²) in [6.45, 7) is 4.21. The van der Waals surface area contributed by atoms with Gasteiger partial charge in [-0.25, -0.2) is 8.42 Å². The van der Waals surface area contributed by atoms with Gasteiger partial charge >= 0.3 is 0 Å². The number of amides is 1. The van der Waals surface area contributed by atoms with Crippen LogP contribution < -0.4 is 10.6 Å². The summed E-state index contributed by atoms with van der Waals surface area (Å²) in [4.78, 5) is 12.4. The van der Waals surface area contributed by atoms with E-state index in [1.807, 2.05) is 6.92 Å². The first-order chi connectivity index (χ1) is 10.8. The summed E-state index contributed by atoms with van der Waals surface area (Å²) in [5, 5.41) is 6.14. The number of benzene rings is 1. The van der Waals surface area contributed by atoms with E-state index in [1.165, 1.54) is 12.7 Å². The second-order valence-corrected chi connectivity index (χ2v) is 8.55. The summed E-state index contributed by atoms with van der Waals surface area (Å²) in [6.07, 6.45) is 5.78. The number of carbonyl (C=O) groups excluding carboxylic acids is 1. The molecule has 0 radical (unpaired) electrons. The van der Waals surface area contributed by atoms with Crippen molar-refractivity contribution in [1.82, 2.24) is 5.32 Å². The molecule has 6 heteroatoms. The Bertz CT molecular complexity index is 670. The molecule has 5 nitrogen and oxygen atoms in total. The third-order valence-electron chi connectivity index (χ3n) is 4.53. The van der Waals surface area contributed by atoms with Crippen LogP contribution in [0.3, 0.4) is 0 Å². The Hall–Kier alpha value is -1.56. The largest absolute Gasteiger partial charge is 0.376 e. The number of nitrogens with one attached hydrogen (secondary N) is 2. The standard InChI is InChI=1S/C17H26N2O3S/c1-12-6-4-5-7-15(12)19-17(20)11-18-16-10-14(23(3,21)22)9-8-13(16)2/h8-10,12,15,18H,4-7,11H2,1-3H3,(H,19,20)/t12-,15+/m1/s1. The Morgan fingerprint density at radius 2 is 1.96 bits per heavy atom. The molecule has 128 valence electrons. The van der Waals surface area contributed by atoms with Crippen molar-refractivity contribution in [1.29, 1.82) is 0 Å². The van der Waals surface area contributed by atoms with Crippen LogP contribution >= 0.6 is 0 Å². The molecule has 0 spiro atoms. The summed E-state index contributed by atoms with van der Waals surface area (Å²) in [5.74, 6) is 0.468. The summed E-state index contributed by atoms with van der Waals surface area (Å²) in [7, 11) is -3.25. The minimum atomic E-state index is -3.25.